The summed E-state index contributed by atoms with van der Waals surface area (Å²) in [5.74, 6) is 0.243. The Hall–Kier alpha value is -3.57. The third-order valence-corrected chi connectivity index (χ3v) is 6.23. The number of allylic oxidation sites excluding steroid dienone is 1. The van der Waals surface area contributed by atoms with Gasteiger partial charge in [0.2, 0.25) is 5.91 Å². The Morgan fingerprint density at radius 2 is 1.82 bits per heavy atom. The molecule has 0 radical (unpaired) electrons. The zero-order valence-corrected chi connectivity index (χ0v) is 19.4. The van der Waals surface area contributed by atoms with Gasteiger partial charge in [-0.3, -0.25) is 9.36 Å². The highest BCUT2D eigenvalue weighted by Gasteiger charge is 2.15. The molecule has 11 heteroatoms. The third kappa shape index (κ3) is 6.06. The average Bonchev–Trinajstić information content (AvgIpc) is 3.45. The predicted octanol–water partition coefficient (Wildman–Crippen LogP) is 5.18. The zero-order valence-electron chi connectivity index (χ0n) is 17.8. The van der Waals surface area contributed by atoms with Gasteiger partial charge < -0.3 is 10.1 Å². The normalized spacial score (nSPS) is 10.8. The summed E-state index contributed by atoms with van der Waals surface area (Å²) in [6.07, 6.45) is 1.70. The topological polar surface area (TPSA) is 81.9 Å². The number of carbonyl (C=O) groups excluding carboxylic acids is 1. The smallest absolute Gasteiger partial charge is 0.236 e. The Morgan fingerprint density at radius 1 is 1.12 bits per heavy atom. The Morgan fingerprint density at radius 3 is 2.53 bits per heavy atom. The second kappa shape index (κ2) is 11.0. The SMILES string of the molecule is C=CCn1c(COc2ccc(F)cc2)nnc1SCC(=O)Nc1nc(-c2ccc(F)cc2)cs1. The van der Waals surface area contributed by atoms with E-state index in [1.807, 2.05) is 0 Å². The molecule has 2 aromatic carbocycles. The highest BCUT2D eigenvalue weighted by molar-refractivity contribution is 7.99. The van der Waals surface area contributed by atoms with E-state index in [4.69, 9.17) is 4.74 Å². The molecule has 0 aliphatic heterocycles. The first-order valence-corrected chi connectivity index (χ1v) is 11.9. The van der Waals surface area contributed by atoms with E-state index in [9.17, 15) is 13.6 Å². The van der Waals surface area contributed by atoms with E-state index >= 15 is 0 Å². The van der Waals surface area contributed by atoms with Crippen molar-refractivity contribution in [3.8, 4) is 17.0 Å². The number of halogens is 2. The molecule has 34 heavy (non-hydrogen) atoms. The summed E-state index contributed by atoms with van der Waals surface area (Å²) in [5, 5.41) is 13.9. The van der Waals surface area contributed by atoms with Crippen molar-refractivity contribution >= 4 is 34.1 Å². The first kappa shape index (κ1) is 23.6. The quantitative estimate of drug-likeness (QED) is 0.239. The van der Waals surface area contributed by atoms with E-state index < -0.39 is 0 Å². The number of benzene rings is 2. The number of anilines is 1. The number of nitrogens with one attached hydrogen (secondary N) is 1. The van der Waals surface area contributed by atoms with Crippen LogP contribution in [-0.4, -0.2) is 31.4 Å². The van der Waals surface area contributed by atoms with Crippen molar-refractivity contribution in [2.75, 3.05) is 11.1 Å². The van der Waals surface area contributed by atoms with Crippen molar-refractivity contribution in [1.29, 1.82) is 0 Å². The van der Waals surface area contributed by atoms with Crippen molar-refractivity contribution in [2.24, 2.45) is 0 Å². The molecule has 0 aliphatic rings. The maximum Gasteiger partial charge on any atom is 0.236 e. The molecule has 0 bridgehead atoms. The van der Waals surface area contributed by atoms with Crippen LogP contribution in [-0.2, 0) is 17.9 Å². The fourth-order valence-corrected chi connectivity index (χ4v) is 4.40. The van der Waals surface area contributed by atoms with E-state index in [2.05, 4.69) is 27.1 Å². The van der Waals surface area contributed by atoms with Gasteiger partial charge in [-0.15, -0.1) is 28.1 Å². The maximum atomic E-state index is 13.1. The van der Waals surface area contributed by atoms with Gasteiger partial charge in [0.05, 0.1) is 11.4 Å². The summed E-state index contributed by atoms with van der Waals surface area (Å²) in [5.41, 5.74) is 1.42. The Bertz CT molecular complexity index is 1270. The predicted molar refractivity (Wildman–Crippen MR) is 128 cm³/mol. The molecule has 1 amide bonds. The number of nitrogens with zero attached hydrogens (tertiary/aromatic N) is 4. The second-order valence-electron chi connectivity index (χ2n) is 6.92. The van der Waals surface area contributed by atoms with Crippen LogP contribution in [0.2, 0.25) is 0 Å². The highest BCUT2D eigenvalue weighted by Crippen LogP contribution is 2.26. The van der Waals surface area contributed by atoms with E-state index in [1.54, 1.807) is 28.2 Å². The van der Waals surface area contributed by atoms with Crippen LogP contribution in [0.25, 0.3) is 11.3 Å². The molecule has 7 nitrogen and oxygen atoms in total. The number of carbonyl (C=O) groups is 1. The number of thiazole rings is 1. The van der Waals surface area contributed by atoms with Crippen molar-refractivity contribution in [1.82, 2.24) is 19.7 Å². The molecule has 0 saturated carbocycles. The molecule has 0 atom stereocenters. The van der Waals surface area contributed by atoms with Gasteiger partial charge in [-0.05, 0) is 48.5 Å². The molecule has 4 aromatic rings. The molecule has 0 fully saturated rings. The number of aromatic nitrogens is 4. The van der Waals surface area contributed by atoms with Crippen molar-refractivity contribution < 1.29 is 18.3 Å². The molecule has 2 aromatic heterocycles. The molecule has 0 aliphatic carbocycles. The average molecular weight is 500 g/mol. The Kier molecular flexibility index (Phi) is 7.65. The second-order valence-corrected chi connectivity index (χ2v) is 8.72. The van der Waals surface area contributed by atoms with Crippen LogP contribution in [0.15, 0.2) is 71.7 Å². The van der Waals surface area contributed by atoms with Crippen LogP contribution in [0.5, 0.6) is 5.75 Å². The van der Waals surface area contributed by atoms with Gasteiger partial charge in [0.25, 0.3) is 0 Å². The third-order valence-electron chi connectivity index (χ3n) is 4.51. The number of hydrogen-bond acceptors (Lipinski definition) is 7. The van der Waals surface area contributed by atoms with E-state index in [1.165, 1.54) is 59.5 Å². The first-order valence-electron chi connectivity index (χ1n) is 10.1. The summed E-state index contributed by atoms with van der Waals surface area (Å²) in [7, 11) is 0. The lowest BCUT2D eigenvalue weighted by Crippen LogP contribution is -2.15. The highest BCUT2D eigenvalue weighted by atomic mass is 32.2. The first-order chi connectivity index (χ1) is 16.5. The largest absolute Gasteiger partial charge is 0.486 e. The summed E-state index contributed by atoms with van der Waals surface area (Å²) in [6.45, 7) is 4.32. The monoisotopic (exact) mass is 499 g/mol. The lowest BCUT2D eigenvalue weighted by molar-refractivity contribution is -0.113. The summed E-state index contributed by atoms with van der Waals surface area (Å²) >= 11 is 2.51. The van der Waals surface area contributed by atoms with Crippen LogP contribution in [0, 0.1) is 11.6 Å². The summed E-state index contributed by atoms with van der Waals surface area (Å²) in [4.78, 5) is 16.8. The van der Waals surface area contributed by atoms with Crippen molar-refractivity contribution in [3.05, 3.63) is 84.0 Å². The minimum absolute atomic E-state index is 0.0968. The number of rotatable bonds is 10. The molecule has 2 heterocycles. The lowest BCUT2D eigenvalue weighted by atomic mass is 10.2. The molecular formula is C23H19F2N5O2S2. The van der Waals surface area contributed by atoms with Gasteiger partial charge >= 0.3 is 0 Å². The van der Waals surface area contributed by atoms with Crippen LogP contribution in [0.3, 0.4) is 0 Å². The van der Waals surface area contributed by atoms with Gasteiger partial charge in [-0.1, -0.05) is 17.8 Å². The van der Waals surface area contributed by atoms with Gasteiger partial charge in [-0.25, -0.2) is 13.8 Å². The molecule has 4 rings (SSSR count). The molecular weight excluding hydrogens is 480 g/mol. The number of thioether (sulfide) groups is 1. The van der Waals surface area contributed by atoms with Crippen LogP contribution >= 0.6 is 23.1 Å². The molecule has 1 N–H and O–H groups in total. The van der Waals surface area contributed by atoms with Crippen LogP contribution in [0.4, 0.5) is 13.9 Å². The molecule has 174 valence electrons. The fraction of sp³-hybridized carbons (Fsp3) is 0.130. The van der Waals surface area contributed by atoms with E-state index in [0.29, 0.717) is 34.1 Å². The van der Waals surface area contributed by atoms with Crippen molar-refractivity contribution in [3.63, 3.8) is 0 Å². The van der Waals surface area contributed by atoms with Gasteiger partial charge in [-0.2, -0.15) is 0 Å². The molecule has 0 saturated heterocycles. The Balaban J connectivity index is 1.34. The maximum absolute atomic E-state index is 13.1. The summed E-state index contributed by atoms with van der Waals surface area (Å²) < 4.78 is 33.6. The van der Waals surface area contributed by atoms with Crippen molar-refractivity contribution in [2.45, 2.75) is 18.3 Å². The van der Waals surface area contributed by atoms with E-state index in [-0.39, 0.29) is 29.9 Å². The summed E-state index contributed by atoms with van der Waals surface area (Å²) in [6, 6.07) is 11.7. The number of amides is 1. The van der Waals surface area contributed by atoms with Gasteiger partial charge in [0.15, 0.2) is 16.1 Å². The minimum Gasteiger partial charge on any atom is -0.486 e. The fourth-order valence-electron chi connectivity index (χ4n) is 2.89. The van der Waals surface area contributed by atoms with Gasteiger partial charge in [0, 0.05) is 17.5 Å². The molecule has 0 spiro atoms. The van der Waals surface area contributed by atoms with Gasteiger partial charge in [0.1, 0.15) is 24.0 Å². The minimum atomic E-state index is -0.344. The number of hydrogen-bond donors (Lipinski definition) is 1. The number of ether oxygens (including phenoxy) is 1. The molecule has 0 unspecified atom stereocenters. The Labute approximate surface area is 202 Å². The van der Waals surface area contributed by atoms with Crippen LogP contribution < -0.4 is 10.1 Å². The van der Waals surface area contributed by atoms with Crippen LogP contribution in [0.1, 0.15) is 5.82 Å². The zero-order chi connectivity index (χ0) is 23.9. The van der Waals surface area contributed by atoms with E-state index in [0.717, 1.165) is 5.56 Å². The lowest BCUT2D eigenvalue weighted by Gasteiger charge is -2.09. The standard InChI is InChI=1S/C23H19F2N5O2S2/c1-2-11-30-20(12-32-18-9-7-17(25)8-10-18)28-29-23(30)34-14-21(31)27-22-26-19(13-33-22)15-3-5-16(24)6-4-15/h2-10,13H,1,11-12,14H2,(H,26,27,31).